The average Bonchev–Trinajstić information content (AvgIpc) is 2.35. The van der Waals surface area contributed by atoms with Gasteiger partial charge >= 0.3 is 0 Å². The van der Waals surface area contributed by atoms with Gasteiger partial charge in [0.1, 0.15) is 0 Å². The number of amides is 1. The van der Waals surface area contributed by atoms with Crippen LogP contribution in [0.3, 0.4) is 0 Å². The summed E-state index contributed by atoms with van der Waals surface area (Å²) in [7, 11) is 3.75. The molecule has 1 fully saturated rings. The third-order valence-electron chi connectivity index (χ3n) is 1.74. The van der Waals surface area contributed by atoms with Gasteiger partial charge in [-0.2, -0.15) is 0 Å². The smallest absolute Gasteiger partial charge is 0.206 e. The Hall–Kier alpha value is -0.570. The van der Waals surface area contributed by atoms with Gasteiger partial charge in [-0.05, 0) is 25.9 Å². The number of carbonyl (C=O) groups is 1. The van der Waals surface area contributed by atoms with Gasteiger partial charge in [0.05, 0.1) is 0 Å². The second-order valence-corrected chi connectivity index (χ2v) is 3.06. The molecule has 0 spiro atoms. The molecule has 1 saturated heterocycles. The predicted octanol–water partition coefficient (Wildman–Crippen LogP) is 0.320. The lowest BCUT2D eigenvalue weighted by Crippen LogP contribution is -2.12. The summed E-state index contributed by atoms with van der Waals surface area (Å²) in [5.74, 6) is 0.949. The zero-order chi connectivity index (χ0) is 8.69. The van der Waals surface area contributed by atoms with Gasteiger partial charge < -0.3 is 10.2 Å². The summed E-state index contributed by atoms with van der Waals surface area (Å²) in [6.07, 6.45) is 2.02. The lowest BCUT2D eigenvalue weighted by Gasteiger charge is -2.03. The maximum atomic E-state index is 9.06. The molecule has 1 aliphatic heterocycles. The molecule has 0 aromatic heterocycles. The molecule has 1 heterocycles. The molecule has 0 radical (unpaired) electrons. The normalized spacial score (nSPS) is 23.7. The van der Waals surface area contributed by atoms with Crippen LogP contribution in [0, 0.1) is 5.92 Å². The number of carbonyl (C=O) groups excluding carboxylic acids is 1. The van der Waals surface area contributed by atoms with Gasteiger partial charge in [-0.1, -0.05) is 6.92 Å². The van der Waals surface area contributed by atoms with E-state index in [9.17, 15) is 0 Å². The highest BCUT2D eigenvalue weighted by molar-refractivity contribution is 5.44. The molecule has 0 bridgehead atoms. The minimum absolute atomic E-state index is 0.625. The number of nitrogens with zero attached hydrogens (tertiary/aromatic N) is 1. The summed E-state index contributed by atoms with van der Waals surface area (Å²) in [6.45, 7) is 4.92. The predicted molar refractivity (Wildman–Crippen MR) is 46.4 cm³/mol. The molecule has 11 heavy (non-hydrogen) atoms. The van der Waals surface area contributed by atoms with Crippen molar-refractivity contribution in [3.8, 4) is 0 Å². The standard InChI is InChI=1S/C6H13N.C2H5NO/c1-6-3-4-7(2)5-6;1-3-2-4/h6H,3-5H2,1-2H3;2H,1H3,(H,3,4). The van der Waals surface area contributed by atoms with E-state index in [2.05, 4.69) is 24.2 Å². The molecule has 0 saturated carbocycles. The Morgan fingerprint density at radius 1 is 1.64 bits per heavy atom. The van der Waals surface area contributed by atoms with Gasteiger partial charge in [-0.15, -0.1) is 0 Å². The lowest BCUT2D eigenvalue weighted by molar-refractivity contribution is -0.109. The molecule has 66 valence electrons. The summed E-state index contributed by atoms with van der Waals surface area (Å²) in [6, 6.07) is 0. The molecule has 1 amide bonds. The van der Waals surface area contributed by atoms with Crippen LogP contribution in [0.25, 0.3) is 0 Å². The largest absolute Gasteiger partial charge is 0.362 e. The van der Waals surface area contributed by atoms with Crippen molar-refractivity contribution in [2.45, 2.75) is 13.3 Å². The monoisotopic (exact) mass is 158 g/mol. The van der Waals surface area contributed by atoms with E-state index in [1.54, 1.807) is 7.05 Å². The fourth-order valence-electron chi connectivity index (χ4n) is 1.16. The first-order chi connectivity index (χ1) is 5.20. The first-order valence-corrected chi connectivity index (χ1v) is 4.00. The van der Waals surface area contributed by atoms with Crippen LogP contribution in [-0.4, -0.2) is 38.5 Å². The van der Waals surface area contributed by atoms with Gasteiger partial charge in [0.2, 0.25) is 6.41 Å². The second-order valence-electron chi connectivity index (χ2n) is 3.06. The molecule has 3 nitrogen and oxygen atoms in total. The van der Waals surface area contributed by atoms with Gasteiger partial charge in [0.25, 0.3) is 0 Å². The van der Waals surface area contributed by atoms with Crippen LogP contribution in [0.4, 0.5) is 0 Å². The summed E-state index contributed by atoms with van der Waals surface area (Å²) in [5, 5.41) is 2.25. The maximum Gasteiger partial charge on any atom is 0.206 e. The van der Waals surface area contributed by atoms with Crippen molar-refractivity contribution in [2.75, 3.05) is 27.2 Å². The van der Waals surface area contributed by atoms with Gasteiger partial charge in [0.15, 0.2) is 0 Å². The summed E-state index contributed by atoms with van der Waals surface area (Å²) >= 11 is 0. The van der Waals surface area contributed by atoms with E-state index in [0.717, 1.165) is 5.92 Å². The highest BCUT2D eigenvalue weighted by Gasteiger charge is 2.13. The Labute approximate surface area is 68.8 Å². The Kier molecular flexibility index (Phi) is 5.84. The van der Waals surface area contributed by atoms with Crippen molar-refractivity contribution in [3.63, 3.8) is 0 Å². The van der Waals surface area contributed by atoms with Crippen LogP contribution in [0.2, 0.25) is 0 Å². The number of nitrogens with one attached hydrogen (secondary N) is 1. The summed E-state index contributed by atoms with van der Waals surface area (Å²) in [4.78, 5) is 11.4. The van der Waals surface area contributed by atoms with Gasteiger partial charge in [-0.3, -0.25) is 4.79 Å². The van der Waals surface area contributed by atoms with Crippen LogP contribution >= 0.6 is 0 Å². The quantitative estimate of drug-likeness (QED) is 0.557. The zero-order valence-corrected chi connectivity index (χ0v) is 7.63. The third kappa shape index (κ3) is 5.85. The molecule has 3 heteroatoms. The molecule has 1 rings (SSSR count). The maximum absolute atomic E-state index is 9.06. The van der Waals surface area contributed by atoms with E-state index < -0.39 is 0 Å². The Balaban J connectivity index is 0.000000218. The van der Waals surface area contributed by atoms with Crippen molar-refractivity contribution in [1.29, 1.82) is 0 Å². The lowest BCUT2D eigenvalue weighted by atomic mass is 10.2. The van der Waals surface area contributed by atoms with Crippen molar-refractivity contribution in [3.05, 3.63) is 0 Å². The second kappa shape index (κ2) is 6.16. The molecule has 1 aliphatic rings. The van der Waals surface area contributed by atoms with E-state index in [0.29, 0.717) is 6.41 Å². The molecule has 1 N–H and O–H groups in total. The van der Waals surface area contributed by atoms with Crippen molar-refractivity contribution >= 4 is 6.41 Å². The topological polar surface area (TPSA) is 32.3 Å². The first-order valence-electron chi connectivity index (χ1n) is 4.00. The number of likely N-dealkylation sites (tertiary alicyclic amines) is 1. The fourth-order valence-corrected chi connectivity index (χ4v) is 1.16. The Morgan fingerprint density at radius 2 is 2.18 bits per heavy atom. The Morgan fingerprint density at radius 3 is 2.27 bits per heavy atom. The van der Waals surface area contributed by atoms with E-state index in [1.807, 2.05) is 0 Å². The number of rotatable bonds is 1. The van der Waals surface area contributed by atoms with Gasteiger partial charge in [-0.25, -0.2) is 0 Å². The summed E-state index contributed by atoms with van der Waals surface area (Å²) in [5.41, 5.74) is 0. The fraction of sp³-hybridized carbons (Fsp3) is 0.875. The van der Waals surface area contributed by atoms with E-state index >= 15 is 0 Å². The van der Waals surface area contributed by atoms with Crippen LogP contribution in [0.15, 0.2) is 0 Å². The first kappa shape index (κ1) is 10.4. The van der Waals surface area contributed by atoms with Crippen molar-refractivity contribution in [1.82, 2.24) is 10.2 Å². The van der Waals surface area contributed by atoms with Crippen molar-refractivity contribution < 1.29 is 4.79 Å². The average molecular weight is 158 g/mol. The van der Waals surface area contributed by atoms with E-state index in [1.165, 1.54) is 19.5 Å². The molecule has 1 atom stereocenters. The molecular formula is C8H18N2O. The van der Waals surface area contributed by atoms with Crippen molar-refractivity contribution in [2.24, 2.45) is 5.92 Å². The number of hydrogen-bond donors (Lipinski definition) is 1. The van der Waals surface area contributed by atoms with Crippen LogP contribution < -0.4 is 5.32 Å². The van der Waals surface area contributed by atoms with Gasteiger partial charge in [0, 0.05) is 13.6 Å². The number of hydrogen-bond acceptors (Lipinski definition) is 2. The van der Waals surface area contributed by atoms with E-state index in [-0.39, 0.29) is 0 Å². The molecule has 0 aromatic carbocycles. The molecule has 0 aromatic rings. The summed E-state index contributed by atoms with van der Waals surface area (Å²) < 4.78 is 0. The Bertz CT molecular complexity index is 98.3. The molecular weight excluding hydrogens is 140 g/mol. The molecule has 1 unspecified atom stereocenters. The third-order valence-corrected chi connectivity index (χ3v) is 1.74. The SMILES string of the molecule is CC1CCN(C)C1.CNC=O. The van der Waals surface area contributed by atoms with E-state index in [4.69, 9.17) is 4.79 Å². The zero-order valence-electron chi connectivity index (χ0n) is 7.63. The minimum Gasteiger partial charge on any atom is -0.362 e. The minimum atomic E-state index is 0.625. The highest BCUT2D eigenvalue weighted by Crippen LogP contribution is 2.11. The van der Waals surface area contributed by atoms with Crippen LogP contribution in [0.1, 0.15) is 13.3 Å². The molecule has 0 aliphatic carbocycles. The highest BCUT2D eigenvalue weighted by atomic mass is 16.1. The van der Waals surface area contributed by atoms with Crippen LogP contribution in [-0.2, 0) is 4.79 Å². The van der Waals surface area contributed by atoms with Crippen LogP contribution in [0.5, 0.6) is 0 Å².